The van der Waals surface area contributed by atoms with E-state index in [1.807, 2.05) is 12.1 Å². The van der Waals surface area contributed by atoms with Crippen LogP contribution in [-0.2, 0) is 11.3 Å². The number of unbranched alkanes of at least 4 members (excludes halogenated alkanes) is 1. The molecule has 0 spiro atoms. The largest absolute Gasteiger partial charge is 0.351 e. The van der Waals surface area contributed by atoms with E-state index in [9.17, 15) is 9.59 Å². The second-order valence-corrected chi connectivity index (χ2v) is 7.11. The van der Waals surface area contributed by atoms with Crippen molar-refractivity contribution in [3.8, 4) is 0 Å². The van der Waals surface area contributed by atoms with Crippen LogP contribution in [0.2, 0.25) is 0 Å². The van der Waals surface area contributed by atoms with Crippen LogP contribution in [0, 0.1) is 0 Å². The van der Waals surface area contributed by atoms with E-state index in [2.05, 4.69) is 15.5 Å². The molecule has 2 amide bonds. The molecular formula is C20H33N5O2. The normalized spacial score (nSPS) is 15.5. The number of likely N-dealkylation sites (tertiary alicyclic amines) is 1. The van der Waals surface area contributed by atoms with Gasteiger partial charge in [0.1, 0.15) is 0 Å². The predicted molar refractivity (Wildman–Crippen MR) is 107 cm³/mol. The van der Waals surface area contributed by atoms with Gasteiger partial charge in [0, 0.05) is 25.2 Å². The standard InChI is InChI=1S/C20H33N5O2/c21-10-2-1-5-18(22)20(27)24-15-16-6-8-17(9-7-16)19(26)23-11-14-25-12-3-4-13-25/h6-9,18H,1-5,10-15,21-22H2,(H,23,26)(H,24,27)/t18-/m0/s1. The fourth-order valence-corrected chi connectivity index (χ4v) is 3.17. The van der Waals surface area contributed by atoms with E-state index in [1.165, 1.54) is 12.8 Å². The quantitative estimate of drug-likeness (QED) is 0.423. The highest BCUT2D eigenvalue weighted by molar-refractivity contribution is 5.94. The molecule has 1 atom stereocenters. The molecule has 0 unspecified atom stereocenters. The number of carbonyl (C=O) groups excluding carboxylic acids is 2. The van der Waals surface area contributed by atoms with E-state index >= 15 is 0 Å². The topological polar surface area (TPSA) is 113 Å². The first-order valence-electron chi connectivity index (χ1n) is 9.93. The van der Waals surface area contributed by atoms with Gasteiger partial charge in [0.25, 0.3) is 5.91 Å². The van der Waals surface area contributed by atoms with Gasteiger partial charge < -0.3 is 27.0 Å². The average molecular weight is 376 g/mol. The van der Waals surface area contributed by atoms with Gasteiger partial charge in [0.15, 0.2) is 0 Å². The van der Waals surface area contributed by atoms with Crippen molar-refractivity contribution in [2.24, 2.45) is 11.5 Å². The molecule has 1 saturated heterocycles. The summed E-state index contributed by atoms with van der Waals surface area (Å²) in [6, 6.07) is 6.78. The lowest BCUT2D eigenvalue weighted by atomic mass is 10.1. The van der Waals surface area contributed by atoms with E-state index in [4.69, 9.17) is 11.5 Å². The summed E-state index contributed by atoms with van der Waals surface area (Å²) in [4.78, 5) is 26.5. The number of benzene rings is 1. The van der Waals surface area contributed by atoms with Crippen LogP contribution in [0.3, 0.4) is 0 Å². The Hall–Kier alpha value is -1.96. The van der Waals surface area contributed by atoms with Crippen LogP contribution < -0.4 is 22.1 Å². The number of hydrogen-bond acceptors (Lipinski definition) is 5. The highest BCUT2D eigenvalue weighted by atomic mass is 16.2. The lowest BCUT2D eigenvalue weighted by Crippen LogP contribution is -2.40. The molecular weight excluding hydrogens is 342 g/mol. The summed E-state index contributed by atoms with van der Waals surface area (Å²) in [6.07, 6.45) is 4.88. The first-order valence-corrected chi connectivity index (χ1v) is 9.93. The Morgan fingerprint density at radius 3 is 2.44 bits per heavy atom. The minimum absolute atomic E-state index is 0.0632. The summed E-state index contributed by atoms with van der Waals surface area (Å²) >= 11 is 0. The van der Waals surface area contributed by atoms with Crippen molar-refractivity contribution in [1.82, 2.24) is 15.5 Å². The van der Waals surface area contributed by atoms with Gasteiger partial charge in [-0.15, -0.1) is 0 Å². The van der Waals surface area contributed by atoms with Gasteiger partial charge in [-0.2, -0.15) is 0 Å². The van der Waals surface area contributed by atoms with Gasteiger partial charge in [0.05, 0.1) is 6.04 Å². The zero-order chi connectivity index (χ0) is 19.5. The monoisotopic (exact) mass is 375 g/mol. The first kappa shape index (κ1) is 21.3. The molecule has 1 fully saturated rings. The maximum Gasteiger partial charge on any atom is 0.251 e. The fraction of sp³-hybridized carbons (Fsp3) is 0.600. The van der Waals surface area contributed by atoms with Crippen molar-refractivity contribution < 1.29 is 9.59 Å². The van der Waals surface area contributed by atoms with Crippen LogP contribution in [0.1, 0.15) is 48.0 Å². The minimum Gasteiger partial charge on any atom is -0.351 e. The zero-order valence-electron chi connectivity index (χ0n) is 16.1. The molecule has 150 valence electrons. The molecule has 7 nitrogen and oxygen atoms in total. The van der Waals surface area contributed by atoms with Gasteiger partial charge in [-0.3, -0.25) is 9.59 Å². The van der Waals surface area contributed by atoms with E-state index in [0.717, 1.165) is 38.0 Å². The Labute approximate surface area is 161 Å². The van der Waals surface area contributed by atoms with Crippen LogP contribution in [0.25, 0.3) is 0 Å². The molecule has 0 aliphatic carbocycles. The molecule has 7 heteroatoms. The first-order chi connectivity index (χ1) is 13.1. The summed E-state index contributed by atoms with van der Waals surface area (Å²) in [5.41, 5.74) is 12.9. The molecule has 0 aromatic heterocycles. The Morgan fingerprint density at radius 1 is 1.07 bits per heavy atom. The highest BCUT2D eigenvalue weighted by Crippen LogP contribution is 2.07. The molecule has 27 heavy (non-hydrogen) atoms. The Bertz CT molecular complexity index is 585. The molecule has 1 aromatic rings. The number of amides is 2. The van der Waals surface area contributed by atoms with Gasteiger partial charge in [0.2, 0.25) is 5.91 Å². The van der Waals surface area contributed by atoms with Crippen LogP contribution in [0.4, 0.5) is 0 Å². The third-order valence-corrected chi connectivity index (χ3v) is 4.90. The number of carbonyl (C=O) groups is 2. The molecule has 0 radical (unpaired) electrons. The second kappa shape index (κ2) is 11.7. The second-order valence-electron chi connectivity index (χ2n) is 7.11. The van der Waals surface area contributed by atoms with Crippen LogP contribution in [0.15, 0.2) is 24.3 Å². The average Bonchev–Trinajstić information content (AvgIpc) is 3.20. The Balaban J connectivity index is 1.69. The zero-order valence-corrected chi connectivity index (χ0v) is 16.1. The van der Waals surface area contributed by atoms with Crippen molar-refractivity contribution in [1.29, 1.82) is 0 Å². The maximum atomic E-state index is 12.2. The molecule has 1 aliphatic heterocycles. The van der Waals surface area contributed by atoms with Crippen molar-refractivity contribution in [3.05, 3.63) is 35.4 Å². The van der Waals surface area contributed by atoms with Crippen molar-refractivity contribution >= 4 is 11.8 Å². The van der Waals surface area contributed by atoms with Crippen molar-refractivity contribution in [2.45, 2.75) is 44.7 Å². The SMILES string of the molecule is NCCCC[C@H](N)C(=O)NCc1ccc(C(=O)NCCN2CCCC2)cc1. The Kier molecular flexibility index (Phi) is 9.24. The summed E-state index contributed by atoms with van der Waals surface area (Å²) in [5, 5.41) is 5.80. The number of nitrogens with zero attached hydrogens (tertiary/aromatic N) is 1. The van der Waals surface area contributed by atoms with Crippen LogP contribution >= 0.6 is 0 Å². The van der Waals surface area contributed by atoms with Crippen molar-refractivity contribution in [2.75, 3.05) is 32.7 Å². The molecule has 6 N–H and O–H groups in total. The highest BCUT2D eigenvalue weighted by Gasteiger charge is 2.13. The maximum absolute atomic E-state index is 12.2. The number of nitrogens with one attached hydrogen (secondary N) is 2. The predicted octanol–water partition coefficient (Wildman–Crippen LogP) is 0.585. The molecule has 0 saturated carbocycles. The van der Waals surface area contributed by atoms with Crippen LogP contribution in [0.5, 0.6) is 0 Å². The van der Waals surface area contributed by atoms with Gasteiger partial charge in [-0.25, -0.2) is 0 Å². The summed E-state index contributed by atoms with van der Waals surface area (Å²) in [7, 11) is 0. The summed E-state index contributed by atoms with van der Waals surface area (Å²) < 4.78 is 0. The fourth-order valence-electron chi connectivity index (χ4n) is 3.17. The molecule has 0 bridgehead atoms. The third-order valence-electron chi connectivity index (χ3n) is 4.90. The van der Waals surface area contributed by atoms with Gasteiger partial charge in [-0.05, 0) is 63.0 Å². The third kappa shape index (κ3) is 7.66. The summed E-state index contributed by atoms with van der Waals surface area (Å²) in [5.74, 6) is -0.220. The van der Waals surface area contributed by atoms with Gasteiger partial charge in [-0.1, -0.05) is 18.6 Å². The lowest BCUT2D eigenvalue weighted by Gasteiger charge is -2.15. The smallest absolute Gasteiger partial charge is 0.251 e. The van der Waals surface area contributed by atoms with E-state index in [0.29, 0.717) is 31.6 Å². The van der Waals surface area contributed by atoms with Crippen LogP contribution in [-0.4, -0.2) is 55.5 Å². The Morgan fingerprint density at radius 2 is 1.78 bits per heavy atom. The number of nitrogens with two attached hydrogens (primary N) is 2. The van der Waals surface area contributed by atoms with E-state index < -0.39 is 6.04 Å². The molecule has 1 heterocycles. The van der Waals surface area contributed by atoms with Crippen molar-refractivity contribution in [3.63, 3.8) is 0 Å². The molecule has 1 aromatic carbocycles. The number of rotatable bonds is 11. The molecule has 2 rings (SSSR count). The van der Waals surface area contributed by atoms with Gasteiger partial charge >= 0.3 is 0 Å². The summed E-state index contributed by atoms with van der Waals surface area (Å²) in [6.45, 7) is 4.85. The molecule has 1 aliphatic rings. The minimum atomic E-state index is -0.503. The van der Waals surface area contributed by atoms with E-state index in [-0.39, 0.29) is 11.8 Å². The lowest BCUT2D eigenvalue weighted by molar-refractivity contribution is -0.122. The number of hydrogen-bond donors (Lipinski definition) is 4. The van der Waals surface area contributed by atoms with E-state index in [1.54, 1.807) is 12.1 Å².